The van der Waals surface area contributed by atoms with Gasteiger partial charge in [-0.15, -0.1) is 10.2 Å². The van der Waals surface area contributed by atoms with E-state index in [2.05, 4.69) is 27.6 Å². The van der Waals surface area contributed by atoms with Crippen LogP contribution in [0.3, 0.4) is 0 Å². The molecule has 2 fully saturated rings. The summed E-state index contributed by atoms with van der Waals surface area (Å²) >= 11 is 0. The summed E-state index contributed by atoms with van der Waals surface area (Å²) in [5.41, 5.74) is 1.29. The Hall–Kier alpha value is -2.41. The zero-order chi connectivity index (χ0) is 16.5. The van der Waals surface area contributed by atoms with E-state index >= 15 is 0 Å². The van der Waals surface area contributed by atoms with Crippen molar-refractivity contribution in [1.29, 1.82) is 0 Å². The Kier molecular flexibility index (Phi) is 3.93. The maximum absolute atomic E-state index is 12.5. The van der Waals surface area contributed by atoms with E-state index in [9.17, 15) is 4.79 Å². The van der Waals surface area contributed by atoms with Crippen LogP contribution in [0.1, 0.15) is 29.8 Å². The number of urea groups is 1. The summed E-state index contributed by atoms with van der Waals surface area (Å²) in [5.74, 6) is 1.19. The number of nitrogens with zero attached hydrogens (tertiary/aromatic N) is 4. The molecule has 1 saturated heterocycles. The Labute approximate surface area is 140 Å². The largest absolute Gasteiger partial charge is 0.366 e. The molecule has 4 rings (SSSR count). The molecule has 1 N–H and O–H groups in total. The monoisotopic (exact) mass is 327 g/mol. The zero-order valence-corrected chi connectivity index (χ0v) is 13.6. The minimum Gasteiger partial charge on any atom is -0.366 e. The van der Waals surface area contributed by atoms with Crippen LogP contribution in [0.4, 0.5) is 4.79 Å². The van der Waals surface area contributed by atoms with Crippen LogP contribution in [0, 0.1) is 0 Å². The second-order valence-electron chi connectivity index (χ2n) is 6.41. The molecule has 1 aromatic carbocycles. The number of hydrogen-bond donors (Lipinski definition) is 1. The molecule has 2 aromatic rings. The molecule has 7 nitrogen and oxygen atoms in total. The van der Waals surface area contributed by atoms with E-state index in [0.29, 0.717) is 25.6 Å². The lowest BCUT2D eigenvalue weighted by Crippen LogP contribution is -2.48. The van der Waals surface area contributed by atoms with Crippen molar-refractivity contribution in [3.63, 3.8) is 0 Å². The van der Waals surface area contributed by atoms with Crippen LogP contribution in [-0.2, 0) is 11.8 Å². The van der Waals surface area contributed by atoms with Crippen LogP contribution in [-0.4, -0.2) is 51.4 Å². The van der Waals surface area contributed by atoms with Gasteiger partial charge in [-0.2, -0.15) is 0 Å². The highest BCUT2D eigenvalue weighted by atomic mass is 16.5. The van der Waals surface area contributed by atoms with Crippen LogP contribution < -0.4 is 5.32 Å². The Morgan fingerprint density at radius 2 is 2.17 bits per heavy atom. The predicted octanol–water partition coefficient (Wildman–Crippen LogP) is 1.45. The van der Waals surface area contributed by atoms with Crippen molar-refractivity contribution in [3.8, 4) is 0 Å². The molecule has 3 atom stereocenters. The summed E-state index contributed by atoms with van der Waals surface area (Å²) in [6.45, 7) is 1.61. The molecule has 126 valence electrons. The van der Waals surface area contributed by atoms with Crippen LogP contribution in [0.2, 0.25) is 0 Å². The average Bonchev–Trinajstić information content (AvgIpc) is 3.25. The summed E-state index contributed by atoms with van der Waals surface area (Å²) < 4.78 is 7.58. The van der Waals surface area contributed by atoms with Crippen molar-refractivity contribution in [2.45, 2.75) is 24.5 Å². The first-order valence-corrected chi connectivity index (χ1v) is 8.28. The van der Waals surface area contributed by atoms with Gasteiger partial charge in [0.05, 0.1) is 13.2 Å². The lowest BCUT2D eigenvalue weighted by atomic mass is 10.1. The molecule has 2 aliphatic rings. The number of carbonyl (C=O) groups is 1. The van der Waals surface area contributed by atoms with E-state index in [1.54, 1.807) is 6.33 Å². The van der Waals surface area contributed by atoms with Gasteiger partial charge in [-0.1, -0.05) is 30.3 Å². The highest BCUT2D eigenvalue weighted by Crippen LogP contribution is 2.40. The number of nitrogens with one attached hydrogen (secondary N) is 1. The highest BCUT2D eigenvalue weighted by Gasteiger charge is 2.40. The SMILES string of the molecule is Cn1cnnc1[C@@H]1CN(C(=O)N[C@H]2C[C@@H]2c2ccccc2)CCO1. The summed E-state index contributed by atoms with van der Waals surface area (Å²) in [6, 6.07) is 10.6. The molecule has 24 heavy (non-hydrogen) atoms. The Morgan fingerprint density at radius 1 is 1.33 bits per heavy atom. The van der Waals surface area contributed by atoms with E-state index in [0.717, 1.165) is 12.2 Å². The van der Waals surface area contributed by atoms with E-state index in [1.807, 2.05) is 34.7 Å². The maximum Gasteiger partial charge on any atom is 0.317 e. The third kappa shape index (κ3) is 2.99. The lowest BCUT2D eigenvalue weighted by molar-refractivity contribution is -0.0215. The molecular formula is C17H21N5O2. The number of benzene rings is 1. The molecule has 7 heteroatoms. The van der Waals surface area contributed by atoms with E-state index in [1.165, 1.54) is 5.56 Å². The molecule has 1 saturated carbocycles. The molecule has 1 aliphatic heterocycles. The molecule has 2 heterocycles. The lowest BCUT2D eigenvalue weighted by Gasteiger charge is -2.32. The molecular weight excluding hydrogens is 306 g/mol. The van der Waals surface area contributed by atoms with Crippen LogP contribution in [0.25, 0.3) is 0 Å². The zero-order valence-electron chi connectivity index (χ0n) is 13.6. The third-order valence-corrected chi connectivity index (χ3v) is 4.72. The van der Waals surface area contributed by atoms with Gasteiger partial charge in [-0.25, -0.2) is 4.79 Å². The van der Waals surface area contributed by atoms with E-state index in [-0.39, 0.29) is 18.2 Å². The van der Waals surface area contributed by atoms with Gasteiger partial charge in [0.25, 0.3) is 0 Å². The first kappa shape index (κ1) is 15.1. The number of hydrogen-bond acceptors (Lipinski definition) is 4. The van der Waals surface area contributed by atoms with Crippen molar-refractivity contribution in [1.82, 2.24) is 25.0 Å². The Morgan fingerprint density at radius 3 is 2.92 bits per heavy atom. The quantitative estimate of drug-likeness (QED) is 0.926. The second-order valence-corrected chi connectivity index (χ2v) is 6.41. The van der Waals surface area contributed by atoms with Crippen molar-refractivity contribution in [2.75, 3.05) is 19.7 Å². The summed E-state index contributed by atoms with van der Waals surface area (Å²) in [6.07, 6.45) is 2.43. The minimum absolute atomic E-state index is 0.0195. The first-order chi connectivity index (χ1) is 11.7. The van der Waals surface area contributed by atoms with Crippen molar-refractivity contribution in [3.05, 3.63) is 48.0 Å². The molecule has 0 unspecified atom stereocenters. The summed E-state index contributed by atoms with van der Waals surface area (Å²) in [4.78, 5) is 14.4. The van der Waals surface area contributed by atoms with Gasteiger partial charge < -0.3 is 19.5 Å². The molecule has 0 spiro atoms. The number of amides is 2. The molecule has 0 bridgehead atoms. The highest BCUT2D eigenvalue weighted by molar-refractivity contribution is 5.75. The third-order valence-electron chi connectivity index (χ3n) is 4.72. The normalized spacial score (nSPS) is 26.2. The summed E-state index contributed by atoms with van der Waals surface area (Å²) in [7, 11) is 1.88. The van der Waals surface area contributed by atoms with Crippen molar-refractivity contribution >= 4 is 6.03 Å². The molecule has 1 aromatic heterocycles. The van der Waals surface area contributed by atoms with Crippen molar-refractivity contribution < 1.29 is 9.53 Å². The second kappa shape index (κ2) is 6.24. The molecule has 0 radical (unpaired) electrons. The van der Waals surface area contributed by atoms with E-state index in [4.69, 9.17) is 4.74 Å². The predicted molar refractivity (Wildman–Crippen MR) is 87.4 cm³/mol. The van der Waals surface area contributed by atoms with Crippen molar-refractivity contribution in [2.24, 2.45) is 7.05 Å². The van der Waals surface area contributed by atoms with Gasteiger partial charge in [0.2, 0.25) is 0 Å². The number of rotatable bonds is 3. The topological polar surface area (TPSA) is 72.3 Å². The Bertz CT molecular complexity index is 717. The molecule has 1 aliphatic carbocycles. The fraction of sp³-hybridized carbons (Fsp3) is 0.471. The smallest absolute Gasteiger partial charge is 0.317 e. The van der Waals surface area contributed by atoms with Crippen LogP contribution in [0.15, 0.2) is 36.7 Å². The van der Waals surface area contributed by atoms with Gasteiger partial charge in [-0.3, -0.25) is 0 Å². The number of morpholine rings is 1. The van der Waals surface area contributed by atoms with Crippen LogP contribution >= 0.6 is 0 Å². The number of carbonyl (C=O) groups excluding carboxylic acids is 1. The average molecular weight is 327 g/mol. The van der Waals surface area contributed by atoms with Gasteiger partial charge in [0.15, 0.2) is 5.82 Å². The number of ether oxygens (including phenoxy) is 1. The Balaban J connectivity index is 1.35. The van der Waals surface area contributed by atoms with Gasteiger partial charge >= 0.3 is 6.03 Å². The maximum atomic E-state index is 12.5. The fourth-order valence-corrected chi connectivity index (χ4v) is 3.25. The van der Waals surface area contributed by atoms with E-state index < -0.39 is 0 Å². The van der Waals surface area contributed by atoms with Gasteiger partial charge in [0, 0.05) is 25.6 Å². The standard InChI is InChI=1S/C17H21N5O2/c1-21-11-18-20-16(21)15-10-22(7-8-24-15)17(23)19-14-9-13(14)12-5-3-2-4-6-12/h2-6,11,13-15H,7-10H2,1H3,(H,19,23)/t13-,14+,15+/m1/s1. The minimum atomic E-state index is -0.221. The fourth-order valence-electron chi connectivity index (χ4n) is 3.25. The van der Waals surface area contributed by atoms with Crippen LogP contribution in [0.5, 0.6) is 0 Å². The number of aromatic nitrogens is 3. The van der Waals surface area contributed by atoms with Gasteiger partial charge in [-0.05, 0) is 12.0 Å². The number of aryl methyl sites for hydroxylation is 1. The first-order valence-electron chi connectivity index (χ1n) is 8.28. The van der Waals surface area contributed by atoms with Gasteiger partial charge in [0.1, 0.15) is 12.4 Å². The molecule has 2 amide bonds. The summed E-state index contributed by atoms with van der Waals surface area (Å²) in [5, 5.41) is 11.1.